The average molecular weight is 391 g/mol. The summed E-state index contributed by atoms with van der Waals surface area (Å²) in [6.45, 7) is 0. The fourth-order valence-corrected chi connectivity index (χ4v) is 3.94. The molecule has 134 valence electrons. The van der Waals surface area contributed by atoms with Crippen LogP contribution in [0, 0.1) is 0 Å². The molecule has 0 fully saturated rings. The van der Waals surface area contributed by atoms with Crippen LogP contribution in [0.2, 0.25) is 0 Å². The van der Waals surface area contributed by atoms with Crippen molar-refractivity contribution < 1.29 is 9.59 Å². The van der Waals surface area contributed by atoms with Crippen molar-refractivity contribution in [3.05, 3.63) is 56.4 Å². The van der Waals surface area contributed by atoms with E-state index >= 15 is 0 Å². The van der Waals surface area contributed by atoms with E-state index in [2.05, 4.69) is 20.3 Å². The van der Waals surface area contributed by atoms with E-state index in [9.17, 15) is 19.2 Å². The van der Waals surface area contributed by atoms with Crippen LogP contribution in [0.25, 0.3) is 0 Å². The highest BCUT2D eigenvalue weighted by Gasteiger charge is 2.18. The van der Waals surface area contributed by atoms with E-state index in [-0.39, 0.29) is 22.7 Å². The van der Waals surface area contributed by atoms with E-state index in [1.807, 2.05) is 29.2 Å². The largest absolute Gasteiger partial charge is 0.351 e. The number of hydrogen-bond donors (Lipinski definition) is 3. The van der Waals surface area contributed by atoms with Gasteiger partial charge in [-0.25, -0.2) is 9.59 Å². The number of thioether (sulfide) groups is 2. The third-order valence-corrected chi connectivity index (χ3v) is 5.12. The van der Waals surface area contributed by atoms with Gasteiger partial charge in [0.2, 0.25) is 5.91 Å². The van der Waals surface area contributed by atoms with Crippen molar-refractivity contribution in [2.24, 2.45) is 4.99 Å². The third kappa shape index (κ3) is 4.92. The summed E-state index contributed by atoms with van der Waals surface area (Å²) in [5, 5.41) is 3.09. The molecule has 0 unspecified atom stereocenters. The van der Waals surface area contributed by atoms with Gasteiger partial charge in [0, 0.05) is 11.5 Å². The van der Waals surface area contributed by atoms with Gasteiger partial charge in [-0.2, -0.15) is 9.98 Å². The molecule has 3 rings (SSSR count). The number of rotatable bonds is 5. The number of nitrogens with one attached hydrogen (secondary N) is 3. The van der Waals surface area contributed by atoms with Gasteiger partial charge in [-0.05, 0) is 11.1 Å². The molecule has 0 atom stereocenters. The smallest absolute Gasteiger partial charge is 0.305 e. The van der Waals surface area contributed by atoms with E-state index in [0.717, 1.165) is 11.1 Å². The van der Waals surface area contributed by atoms with Crippen LogP contribution in [0.1, 0.15) is 17.5 Å². The number of aromatic amines is 2. The summed E-state index contributed by atoms with van der Waals surface area (Å²) < 4.78 is 0. The molecule has 3 N–H and O–H groups in total. The predicted molar refractivity (Wildman–Crippen MR) is 98.0 cm³/mol. The zero-order valence-electron chi connectivity index (χ0n) is 13.3. The predicted octanol–water partition coefficient (Wildman–Crippen LogP) is 0.386. The highest BCUT2D eigenvalue weighted by atomic mass is 32.2. The van der Waals surface area contributed by atoms with Crippen molar-refractivity contribution in [1.29, 1.82) is 0 Å². The summed E-state index contributed by atoms with van der Waals surface area (Å²) in [4.78, 5) is 57.2. The SMILES string of the molecule is O=C1CC(=O)NC(SCc2ccccc2CSc2nc(=O)[nH]c(=O)[nH]2)=N1. The van der Waals surface area contributed by atoms with Gasteiger partial charge in [-0.3, -0.25) is 19.6 Å². The summed E-state index contributed by atoms with van der Waals surface area (Å²) in [5.41, 5.74) is 0.650. The Balaban J connectivity index is 1.68. The molecular formula is C15H13N5O4S2. The molecule has 0 aliphatic carbocycles. The van der Waals surface area contributed by atoms with Crippen LogP contribution in [-0.4, -0.2) is 31.9 Å². The normalized spacial score (nSPS) is 14.1. The van der Waals surface area contributed by atoms with Crippen molar-refractivity contribution >= 4 is 40.5 Å². The summed E-state index contributed by atoms with van der Waals surface area (Å²) >= 11 is 2.49. The van der Waals surface area contributed by atoms with Crippen molar-refractivity contribution in [3.63, 3.8) is 0 Å². The first-order chi connectivity index (χ1) is 12.5. The third-order valence-electron chi connectivity index (χ3n) is 3.28. The first kappa shape index (κ1) is 18.1. The molecular weight excluding hydrogens is 378 g/mol. The summed E-state index contributed by atoms with van der Waals surface area (Å²) in [6, 6.07) is 7.59. The number of amides is 2. The molecule has 2 heterocycles. The number of nitrogens with zero attached hydrogens (tertiary/aromatic N) is 2. The van der Waals surface area contributed by atoms with Crippen LogP contribution >= 0.6 is 23.5 Å². The molecule has 0 bridgehead atoms. The van der Waals surface area contributed by atoms with Gasteiger partial charge in [0.05, 0.1) is 0 Å². The van der Waals surface area contributed by atoms with Crippen LogP contribution in [0.15, 0.2) is 44.0 Å². The summed E-state index contributed by atoms with van der Waals surface area (Å²) in [6.07, 6.45) is -0.224. The Bertz CT molecular complexity index is 970. The maximum Gasteiger partial charge on any atom is 0.351 e. The molecule has 0 radical (unpaired) electrons. The maximum absolute atomic E-state index is 11.4. The Morgan fingerprint density at radius 1 is 0.962 bits per heavy atom. The fraction of sp³-hybridized carbons (Fsp3) is 0.200. The van der Waals surface area contributed by atoms with Gasteiger partial charge in [0.15, 0.2) is 10.3 Å². The number of carbonyl (C=O) groups excluding carboxylic acids is 2. The summed E-state index contributed by atoms with van der Waals surface area (Å²) in [7, 11) is 0. The minimum absolute atomic E-state index is 0.224. The van der Waals surface area contributed by atoms with E-state index in [1.54, 1.807) is 0 Å². The van der Waals surface area contributed by atoms with E-state index in [0.29, 0.717) is 11.5 Å². The number of hydrogen-bond acceptors (Lipinski definition) is 7. The molecule has 9 nitrogen and oxygen atoms in total. The number of amidine groups is 1. The Kier molecular flexibility index (Phi) is 5.68. The van der Waals surface area contributed by atoms with Crippen molar-refractivity contribution in [2.75, 3.05) is 0 Å². The molecule has 11 heteroatoms. The van der Waals surface area contributed by atoms with Gasteiger partial charge in [-0.1, -0.05) is 47.8 Å². The number of aromatic nitrogens is 3. The van der Waals surface area contributed by atoms with Gasteiger partial charge in [0.1, 0.15) is 6.42 Å². The molecule has 0 saturated heterocycles. The average Bonchev–Trinajstić information content (AvgIpc) is 2.57. The van der Waals surface area contributed by atoms with Gasteiger partial charge in [0.25, 0.3) is 5.91 Å². The molecule has 0 spiro atoms. The zero-order chi connectivity index (χ0) is 18.5. The van der Waals surface area contributed by atoms with Gasteiger partial charge < -0.3 is 5.32 Å². The lowest BCUT2D eigenvalue weighted by Gasteiger charge is -2.13. The highest BCUT2D eigenvalue weighted by Crippen LogP contribution is 2.24. The van der Waals surface area contributed by atoms with Crippen LogP contribution in [0.4, 0.5) is 0 Å². The summed E-state index contributed by atoms with van der Waals surface area (Å²) in [5.74, 6) is 0.175. The lowest BCUT2D eigenvalue weighted by atomic mass is 10.1. The number of H-pyrrole nitrogens is 2. The lowest BCUT2D eigenvalue weighted by Crippen LogP contribution is -2.34. The van der Waals surface area contributed by atoms with E-state index in [1.165, 1.54) is 23.5 Å². The number of benzene rings is 1. The van der Waals surface area contributed by atoms with Crippen LogP contribution in [0.5, 0.6) is 0 Å². The van der Waals surface area contributed by atoms with E-state index in [4.69, 9.17) is 0 Å². The van der Waals surface area contributed by atoms with Crippen molar-refractivity contribution in [1.82, 2.24) is 20.3 Å². The first-order valence-corrected chi connectivity index (χ1v) is 9.41. The second-order valence-electron chi connectivity index (χ2n) is 5.18. The monoisotopic (exact) mass is 391 g/mol. The number of carbonyl (C=O) groups is 2. The van der Waals surface area contributed by atoms with Crippen LogP contribution in [-0.2, 0) is 21.1 Å². The minimum atomic E-state index is -0.698. The quantitative estimate of drug-likeness (QED) is 0.495. The van der Waals surface area contributed by atoms with E-state index < -0.39 is 17.3 Å². The van der Waals surface area contributed by atoms with Gasteiger partial charge >= 0.3 is 11.4 Å². The zero-order valence-corrected chi connectivity index (χ0v) is 14.9. The van der Waals surface area contributed by atoms with Gasteiger partial charge in [-0.15, -0.1) is 0 Å². The molecule has 1 aliphatic heterocycles. The Hall–Kier alpha value is -2.66. The van der Waals surface area contributed by atoms with Crippen LogP contribution < -0.4 is 16.7 Å². The molecule has 26 heavy (non-hydrogen) atoms. The highest BCUT2D eigenvalue weighted by molar-refractivity contribution is 8.13. The molecule has 1 aliphatic rings. The minimum Gasteiger partial charge on any atom is -0.305 e. The molecule has 0 saturated carbocycles. The van der Waals surface area contributed by atoms with Crippen LogP contribution in [0.3, 0.4) is 0 Å². The van der Waals surface area contributed by atoms with Crippen molar-refractivity contribution in [3.8, 4) is 0 Å². The topological polar surface area (TPSA) is 137 Å². The lowest BCUT2D eigenvalue weighted by molar-refractivity contribution is -0.127. The Morgan fingerprint density at radius 3 is 2.31 bits per heavy atom. The second kappa shape index (κ2) is 8.15. The Labute approximate surface area is 155 Å². The number of aliphatic imine (C=N–C) groups is 1. The second-order valence-corrected chi connectivity index (χ2v) is 7.11. The molecule has 2 aromatic rings. The molecule has 1 aromatic carbocycles. The van der Waals surface area contributed by atoms with Crippen molar-refractivity contribution in [2.45, 2.75) is 23.1 Å². The standard InChI is InChI=1S/C15H13N5O4S2/c21-10-5-11(22)17-14(16-10)25-6-8-3-1-2-4-9(8)7-26-15-19-12(23)18-13(24)20-15/h1-4H,5-7H2,(H,16,17,21,22)(H2,18,19,20,23,24). The Morgan fingerprint density at radius 2 is 1.65 bits per heavy atom. The molecule has 2 amide bonds. The molecule has 1 aromatic heterocycles. The maximum atomic E-state index is 11.4. The fourth-order valence-electron chi connectivity index (χ4n) is 2.12. The first-order valence-electron chi connectivity index (χ1n) is 7.44.